The van der Waals surface area contributed by atoms with E-state index in [9.17, 15) is 9.59 Å². The van der Waals surface area contributed by atoms with Crippen molar-refractivity contribution in [2.45, 2.75) is 70.3 Å². The Morgan fingerprint density at radius 1 is 1.30 bits per heavy atom. The number of Topliss-reactive ketones (excluding diaryl/α,β-unsaturated/α-hetero) is 1. The Labute approximate surface area is 162 Å². The van der Waals surface area contributed by atoms with Gasteiger partial charge < -0.3 is 5.73 Å². The van der Waals surface area contributed by atoms with Gasteiger partial charge in [-0.05, 0) is 67.3 Å². The highest BCUT2D eigenvalue weighted by atomic mass is 16.1. The zero-order valence-corrected chi connectivity index (χ0v) is 16.7. The van der Waals surface area contributed by atoms with E-state index < -0.39 is 0 Å². The number of ketones is 1. The van der Waals surface area contributed by atoms with Crippen molar-refractivity contribution in [2.24, 2.45) is 17.6 Å². The summed E-state index contributed by atoms with van der Waals surface area (Å²) in [7, 11) is 0. The SMILES string of the molecule is CCN(CC1CCC1)[C@@H]1Cc2ccc(C(N)=O)cc2[C@@]2(C)CC(=O)CC[C@@H]12. The second-order valence-corrected chi connectivity index (χ2v) is 9.17. The highest BCUT2D eigenvalue weighted by molar-refractivity contribution is 5.93. The summed E-state index contributed by atoms with van der Waals surface area (Å²) in [5.74, 6) is 1.28. The number of amides is 1. The van der Waals surface area contributed by atoms with E-state index in [1.54, 1.807) is 0 Å². The third kappa shape index (κ3) is 3.22. The first-order valence-corrected chi connectivity index (χ1v) is 10.6. The highest BCUT2D eigenvalue weighted by Crippen LogP contribution is 2.50. The van der Waals surface area contributed by atoms with Crippen LogP contribution in [0.2, 0.25) is 0 Å². The van der Waals surface area contributed by atoms with Crippen molar-refractivity contribution in [3.63, 3.8) is 0 Å². The second kappa shape index (κ2) is 7.05. The number of hydrogen-bond acceptors (Lipinski definition) is 3. The number of benzene rings is 1. The molecule has 3 atom stereocenters. The minimum atomic E-state index is -0.387. The van der Waals surface area contributed by atoms with Gasteiger partial charge in [0.15, 0.2) is 0 Å². The molecule has 4 heteroatoms. The number of hydrogen-bond donors (Lipinski definition) is 1. The zero-order valence-electron chi connectivity index (χ0n) is 16.7. The predicted molar refractivity (Wildman–Crippen MR) is 107 cm³/mol. The molecule has 1 aromatic carbocycles. The van der Waals surface area contributed by atoms with Crippen LogP contribution in [0.4, 0.5) is 0 Å². The maximum Gasteiger partial charge on any atom is 0.248 e. The average molecular weight is 369 g/mol. The van der Waals surface area contributed by atoms with Crippen LogP contribution in [0.3, 0.4) is 0 Å². The van der Waals surface area contributed by atoms with Crippen LogP contribution in [-0.4, -0.2) is 35.7 Å². The molecule has 4 nitrogen and oxygen atoms in total. The maximum atomic E-state index is 12.4. The largest absolute Gasteiger partial charge is 0.366 e. The molecular weight excluding hydrogens is 336 g/mol. The number of carbonyl (C=O) groups excluding carboxylic acids is 2. The smallest absolute Gasteiger partial charge is 0.248 e. The number of likely N-dealkylation sites (N-methyl/N-ethyl adjacent to an activating group) is 1. The molecule has 0 spiro atoms. The van der Waals surface area contributed by atoms with Gasteiger partial charge in [-0.25, -0.2) is 0 Å². The number of fused-ring (bicyclic) bond motifs is 3. The van der Waals surface area contributed by atoms with Gasteiger partial charge in [0.1, 0.15) is 5.78 Å². The molecule has 0 saturated heterocycles. The summed E-state index contributed by atoms with van der Waals surface area (Å²) in [6.45, 7) is 6.78. The van der Waals surface area contributed by atoms with Crippen molar-refractivity contribution in [1.29, 1.82) is 0 Å². The Morgan fingerprint density at radius 2 is 2.07 bits per heavy atom. The monoisotopic (exact) mass is 368 g/mol. The van der Waals surface area contributed by atoms with Gasteiger partial charge in [-0.15, -0.1) is 0 Å². The van der Waals surface area contributed by atoms with E-state index in [0.717, 1.165) is 25.3 Å². The van der Waals surface area contributed by atoms with Crippen LogP contribution >= 0.6 is 0 Å². The lowest BCUT2D eigenvalue weighted by Crippen LogP contribution is -2.56. The van der Waals surface area contributed by atoms with Crippen molar-refractivity contribution < 1.29 is 9.59 Å². The molecule has 0 aromatic heterocycles. The van der Waals surface area contributed by atoms with Crippen LogP contribution in [-0.2, 0) is 16.6 Å². The Bertz CT molecular complexity index is 755. The number of nitrogens with two attached hydrogens (primary N) is 1. The van der Waals surface area contributed by atoms with E-state index in [2.05, 4.69) is 24.8 Å². The van der Waals surface area contributed by atoms with Gasteiger partial charge in [-0.3, -0.25) is 14.5 Å². The first-order valence-electron chi connectivity index (χ1n) is 10.6. The maximum absolute atomic E-state index is 12.4. The van der Waals surface area contributed by atoms with Crippen LogP contribution in [0.1, 0.15) is 73.9 Å². The molecule has 3 aliphatic carbocycles. The minimum Gasteiger partial charge on any atom is -0.366 e. The minimum absolute atomic E-state index is 0.188. The van der Waals surface area contributed by atoms with Crippen LogP contribution in [0.25, 0.3) is 0 Å². The van der Waals surface area contributed by atoms with E-state index in [0.29, 0.717) is 36.1 Å². The molecule has 1 amide bonds. The zero-order chi connectivity index (χ0) is 19.2. The van der Waals surface area contributed by atoms with Crippen LogP contribution in [0.15, 0.2) is 18.2 Å². The standard InChI is InChI=1S/C23H32N2O2/c1-3-25(14-15-5-4-6-15)21-12-16-7-8-17(22(24)27)11-20(16)23(2)13-18(26)9-10-19(21)23/h7-8,11,15,19,21H,3-6,9-10,12-14H2,1-2H3,(H2,24,27)/t19-,21+,23-/m0/s1. The molecule has 3 aliphatic rings. The molecule has 0 heterocycles. The van der Waals surface area contributed by atoms with E-state index >= 15 is 0 Å². The first kappa shape index (κ1) is 18.7. The third-order valence-corrected chi connectivity index (χ3v) is 7.61. The summed E-state index contributed by atoms with van der Waals surface area (Å²) in [5, 5.41) is 0. The Kier molecular flexibility index (Phi) is 4.87. The fraction of sp³-hybridized carbons (Fsp3) is 0.652. The summed E-state index contributed by atoms with van der Waals surface area (Å²) in [6.07, 6.45) is 7.36. The quantitative estimate of drug-likeness (QED) is 0.866. The lowest BCUT2D eigenvalue weighted by molar-refractivity contribution is -0.124. The molecule has 2 fully saturated rings. The number of rotatable bonds is 5. The average Bonchev–Trinajstić information content (AvgIpc) is 2.59. The van der Waals surface area contributed by atoms with Crippen molar-refractivity contribution in [2.75, 3.05) is 13.1 Å². The van der Waals surface area contributed by atoms with E-state index in [-0.39, 0.29) is 11.3 Å². The molecule has 0 radical (unpaired) electrons. The van der Waals surface area contributed by atoms with Gasteiger partial charge in [0.25, 0.3) is 0 Å². The summed E-state index contributed by atoms with van der Waals surface area (Å²) in [5.41, 5.74) is 8.40. The number of nitrogens with zero attached hydrogens (tertiary/aromatic N) is 1. The van der Waals surface area contributed by atoms with Gasteiger partial charge in [-0.1, -0.05) is 26.3 Å². The normalized spacial score (nSPS) is 30.6. The fourth-order valence-corrected chi connectivity index (χ4v) is 5.87. The first-order chi connectivity index (χ1) is 12.9. The molecule has 146 valence electrons. The molecular formula is C23H32N2O2. The highest BCUT2D eigenvalue weighted by Gasteiger charge is 2.50. The summed E-state index contributed by atoms with van der Waals surface area (Å²) < 4.78 is 0. The molecule has 27 heavy (non-hydrogen) atoms. The van der Waals surface area contributed by atoms with Crippen LogP contribution in [0, 0.1) is 11.8 Å². The Hall–Kier alpha value is -1.68. The summed E-state index contributed by atoms with van der Waals surface area (Å²) in [4.78, 5) is 26.9. The predicted octanol–water partition coefficient (Wildman–Crippen LogP) is 3.46. The molecule has 2 saturated carbocycles. The van der Waals surface area contributed by atoms with Gasteiger partial charge in [0.05, 0.1) is 0 Å². The molecule has 0 aliphatic heterocycles. The van der Waals surface area contributed by atoms with Crippen molar-refractivity contribution in [1.82, 2.24) is 4.90 Å². The Morgan fingerprint density at radius 3 is 2.70 bits per heavy atom. The van der Waals surface area contributed by atoms with Crippen LogP contribution in [0.5, 0.6) is 0 Å². The lowest BCUT2D eigenvalue weighted by Gasteiger charge is -2.53. The number of carbonyl (C=O) groups is 2. The van der Waals surface area contributed by atoms with Gasteiger partial charge in [0.2, 0.25) is 5.91 Å². The number of primary amides is 1. The molecule has 0 bridgehead atoms. The van der Waals surface area contributed by atoms with Crippen molar-refractivity contribution in [3.8, 4) is 0 Å². The van der Waals surface area contributed by atoms with E-state index in [1.807, 2.05) is 12.1 Å². The molecule has 4 rings (SSSR count). The Balaban J connectivity index is 1.73. The molecule has 0 unspecified atom stereocenters. The molecule has 2 N–H and O–H groups in total. The molecule has 1 aromatic rings. The van der Waals surface area contributed by atoms with E-state index in [1.165, 1.54) is 36.9 Å². The topological polar surface area (TPSA) is 63.4 Å². The van der Waals surface area contributed by atoms with Gasteiger partial charge in [0, 0.05) is 36.4 Å². The lowest BCUT2D eigenvalue weighted by atomic mass is 9.55. The fourth-order valence-electron chi connectivity index (χ4n) is 5.87. The van der Waals surface area contributed by atoms with E-state index in [4.69, 9.17) is 5.73 Å². The van der Waals surface area contributed by atoms with Crippen molar-refractivity contribution in [3.05, 3.63) is 34.9 Å². The summed E-state index contributed by atoms with van der Waals surface area (Å²) >= 11 is 0. The van der Waals surface area contributed by atoms with Crippen molar-refractivity contribution >= 4 is 11.7 Å². The van der Waals surface area contributed by atoms with Gasteiger partial charge in [-0.2, -0.15) is 0 Å². The van der Waals surface area contributed by atoms with Gasteiger partial charge >= 0.3 is 0 Å². The second-order valence-electron chi connectivity index (χ2n) is 9.17. The summed E-state index contributed by atoms with van der Waals surface area (Å²) in [6, 6.07) is 6.40. The third-order valence-electron chi connectivity index (χ3n) is 7.61. The van der Waals surface area contributed by atoms with Crippen LogP contribution < -0.4 is 5.73 Å².